The molecule has 2 fully saturated rings. The standard InChI is InChI=1S/C12H21NO2/c14-12(15)13-9-5-4-8-11(13)10-6-2-1-3-7-10/h10-11H,1-9H2,(H,14,15). The summed E-state index contributed by atoms with van der Waals surface area (Å²) in [6.07, 6.45) is 9.09. The summed E-state index contributed by atoms with van der Waals surface area (Å²) in [5, 5.41) is 9.17. The Morgan fingerprint density at radius 1 is 1.00 bits per heavy atom. The van der Waals surface area contributed by atoms with Crippen molar-refractivity contribution in [2.45, 2.75) is 57.4 Å². The first-order chi connectivity index (χ1) is 7.29. The molecular weight excluding hydrogens is 190 g/mol. The Kier molecular flexibility index (Phi) is 3.49. The van der Waals surface area contributed by atoms with Crippen molar-refractivity contribution in [3.05, 3.63) is 0 Å². The summed E-state index contributed by atoms with van der Waals surface area (Å²) in [5.74, 6) is 0.648. The van der Waals surface area contributed by atoms with Crippen LogP contribution in [0.15, 0.2) is 0 Å². The van der Waals surface area contributed by atoms with Crippen molar-refractivity contribution in [2.24, 2.45) is 5.92 Å². The van der Waals surface area contributed by atoms with Crippen LogP contribution in [0, 0.1) is 5.92 Å². The van der Waals surface area contributed by atoms with E-state index in [1.54, 1.807) is 4.90 Å². The average Bonchev–Trinajstić information content (AvgIpc) is 2.30. The van der Waals surface area contributed by atoms with E-state index in [-0.39, 0.29) is 0 Å². The molecule has 0 aromatic carbocycles. The Hall–Kier alpha value is -0.730. The van der Waals surface area contributed by atoms with Gasteiger partial charge in [-0.1, -0.05) is 19.3 Å². The first-order valence-corrected chi connectivity index (χ1v) is 6.28. The van der Waals surface area contributed by atoms with Gasteiger partial charge in [0, 0.05) is 12.6 Å². The van der Waals surface area contributed by atoms with Crippen LogP contribution in [-0.2, 0) is 0 Å². The van der Waals surface area contributed by atoms with Gasteiger partial charge in [0.1, 0.15) is 0 Å². The van der Waals surface area contributed by atoms with E-state index in [0.29, 0.717) is 12.0 Å². The number of carboxylic acid groups (broad SMARTS) is 1. The normalized spacial score (nSPS) is 29.1. The van der Waals surface area contributed by atoms with Gasteiger partial charge in [-0.05, 0) is 38.0 Å². The maximum Gasteiger partial charge on any atom is 0.407 e. The van der Waals surface area contributed by atoms with Crippen LogP contribution in [0.25, 0.3) is 0 Å². The van der Waals surface area contributed by atoms with Gasteiger partial charge in [-0.15, -0.1) is 0 Å². The molecule has 2 rings (SSSR count). The molecule has 0 aromatic rings. The molecule has 1 amide bonds. The van der Waals surface area contributed by atoms with Gasteiger partial charge in [-0.3, -0.25) is 0 Å². The minimum absolute atomic E-state index is 0.330. The third-order valence-electron chi connectivity index (χ3n) is 3.99. The smallest absolute Gasteiger partial charge is 0.407 e. The summed E-state index contributed by atoms with van der Waals surface area (Å²) in [4.78, 5) is 12.8. The highest BCUT2D eigenvalue weighted by atomic mass is 16.4. The van der Waals surface area contributed by atoms with Crippen LogP contribution in [0.5, 0.6) is 0 Å². The Labute approximate surface area is 91.5 Å². The third-order valence-corrected chi connectivity index (χ3v) is 3.99. The van der Waals surface area contributed by atoms with E-state index in [9.17, 15) is 4.79 Å². The van der Waals surface area contributed by atoms with E-state index >= 15 is 0 Å². The fourth-order valence-electron chi connectivity index (χ4n) is 3.20. The van der Waals surface area contributed by atoms with Crippen LogP contribution in [0.2, 0.25) is 0 Å². The van der Waals surface area contributed by atoms with E-state index in [2.05, 4.69) is 0 Å². The second-order valence-electron chi connectivity index (χ2n) is 4.94. The lowest BCUT2D eigenvalue weighted by Gasteiger charge is -2.40. The number of carbonyl (C=O) groups is 1. The maximum absolute atomic E-state index is 11.1. The Bertz CT molecular complexity index is 224. The number of hydrogen-bond donors (Lipinski definition) is 1. The molecule has 1 N–H and O–H groups in total. The van der Waals surface area contributed by atoms with E-state index in [1.165, 1.54) is 38.5 Å². The molecule has 1 aliphatic heterocycles. The van der Waals surface area contributed by atoms with Crippen LogP contribution in [0.3, 0.4) is 0 Å². The predicted molar refractivity (Wildman–Crippen MR) is 58.9 cm³/mol. The molecule has 2 aliphatic rings. The molecule has 1 atom stereocenters. The summed E-state index contributed by atoms with van der Waals surface area (Å²) >= 11 is 0. The van der Waals surface area contributed by atoms with Crippen LogP contribution in [-0.4, -0.2) is 28.7 Å². The molecule has 0 spiro atoms. The number of piperidine rings is 1. The van der Waals surface area contributed by atoms with Crippen molar-refractivity contribution in [3.8, 4) is 0 Å². The molecule has 3 nitrogen and oxygen atoms in total. The lowest BCUT2D eigenvalue weighted by atomic mass is 9.80. The lowest BCUT2D eigenvalue weighted by molar-refractivity contribution is 0.0717. The lowest BCUT2D eigenvalue weighted by Crippen LogP contribution is -2.47. The number of likely N-dealkylation sites (tertiary alicyclic amines) is 1. The molecule has 1 aliphatic carbocycles. The molecule has 1 heterocycles. The summed E-state index contributed by atoms with van der Waals surface area (Å²) in [6, 6.07) is 0.330. The van der Waals surface area contributed by atoms with E-state index in [1.807, 2.05) is 0 Å². The van der Waals surface area contributed by atoms with Gasteiger partial charge in [0.15, 0.2) is 0 Å². The van der Waals surface area contributed by atoms with Crippen LogP contribution in [0.1, 0.15) is 51.4 Å². The summed E-state index contributed by atoms with van der Waals surface area (Å²) in [6.45, 7) is 0.760. The molecule has 1 saturated carbocycles. The predicted octanol–water partition coefficient (Wildman–Crippen LogP) is 3.10. The summed E-state index contributed by atoms with van der Waals surface area (Å²) < 4.78 is 0. The van der Waals surface area contributed by atoms with Gasteiger partial charge in [-0.2, -0.15) is 0 Å². The topological polar surface area (TPSA) is 40.5 Å². The zero-order chi connectivity index (χ0) is 10.7. The second kappa shape index (κ2) is 4.86. The second-order valence-corrected chi connectivity index (χ2v) is 4.94. The van der Waals surface area contributed by atoms with Crippen molar-refractivity contribution >= 4 is 6.09 Å². The third kappa shape index (κ3) is 2.44. The Balaban J connectivity index is 1.99. The molecule has 1 unspecified atom stereocenters. The van der Waals surface area contributed by atoms with Gasteiger partial charge in [0.2, 0.25) is 0 Å². The van der Waals surface area contributed by atoms with E-state index < -0.39 is 6.09 Å². The van der Waals surface area contributed by atoms with E-state index in [0.717, 1.165) is 19.4 Å². The molecule has 0 bridgehead atoms. The molecule has 3 heteroatoms. The number of nitrogens with zero attached hydrogens (tertiary/aromatic N) is 1. The zero-order valence-electron chi connectivity index (χ0n) is 9.32. The van der Waals surface area contributed by atoms with Crippen molar-refractivity contribution in [1.29, 1.82) is 0 Å². The molecule has 1 saturated heterocycles. The van der Waals surface area contributed by atoms with Gasteiger partial charge in [0.25, 0.3) is 0 Å². The van der Waals surface area contributed by atoms with Crippen molar-refractivity contribution in [2.75, 3.05) is 6.54 Å². The summed E-state index contributed by atoms with van der Waals surface area (Å²) in [5.41, 5.74) is 0. The van der Waals surface area contributed by atoms with Gasteiger partial charge in [-0.25, -0.2) is 4.79 Å². The van der Waals surface area contributed by atoms with Crippen LogP contribution >= 0.6 is 0 Å². The van der Waals surface area contributed by atoms with Gasteiger partial charge in [0.05, 0.1) is 0 Å². The van der Waals surface area contributed by atoms with Crippen LogP contribution < -0.4 is 0 Å². The highest BCUT2D eigenvalue weighted by molar-refractivity contribution is 5.65. The van der Waals surface area contributed by atoms with Crippen molar-refractivity contribution in [3.63, 3.8) is 0 Å². The van der Waals surface area contributed by atoms with Gasteiger partial charge >= 0.3 is 6.09 Å². The Morgan fingerprint density at radius 3 is 2.33 bits per heavy atom. The monoisotopic (exact) mass is 211 g/mol. The fourth-order valence-corrected chi connectivity index (χ4v) is 3.20. The van der Waals surface area contributed by atoms with Crippen molar-refractivity contribution in [1.82, 2.24) is 4.90 Å². The van der Waals surface area contributed by atoms with E-state index in [4.69, 9.17) is 5.11 Å². The summed E-state index contributed by atoms with van der Waals surface area (Å²) in [7, 11) is 0. The molecule has 15 heavy (non-hydrogen) atoms. The number of rotatable bonds is 1. The first kappa shape index (κ1) is 10.8. The highest BCUT2D eigenvalue weighted by Crippen LogP contribution is 2.33. The quantitative estimate of drug-likeness (QED) is 0.724. The van der Waals surface area contributed by atoms with Gasteiger partial charge < -0.3 is 10.0 Å². The first-order valence-electron chi connectivity index (χ1n) is 6.28. The largest absolute Gasteiger partial charge is 0.465 e. The molecular formula is C12H21NO2. The van der Waals surface area contributed by atoms with Crippen LogP contribution in [0.4, 0.5) is 4.79 Å². The maximum atomic E-state index is 11.1. The minimum atomic E-state index is -0.703. The molecule has 0 aromatic heterocycles. The SMILES string of the molecule is O=C(O)N1CCCCC1C1CCCCC1. The highest BCUT2D eigenvalue weighted by Gasteiger charge is 2.33. The average molecular weight is 211 g/mol. The molecule has 86 valence electrons. The van der Waals surface area contributed by atoms with Crippen molar-refractivity contribution < 1.29 is 9.90 Å². The Morgan fingerprint density at radius 2 is 1.67 bits per heavy atom. The number of hydrogen-bond acceptors (Lipinski definition) is 1. The minimum Gasteiger partial charge on any atom is -0.465 e. The molecule has 0 radical (unpaired) electrons. The number of amides is 1. The zero-order valence-corrected chi connectivity index (χ0v) is 9.32. The fraction of sp³-hybridized carbons (Fsp3) is 0.917.